The highest BCUT2D eigenvalue weighted by molar-refractivity contribution is 8.00. The number of aryl methyl sites for hydroxylation is 2. The zero-order valence-corrected chi connectivity index (χ0v) is 29.4. The lowest BCUT2D eigenvalue weighted by Crippen LogP contribution is -2.30. The van der Waals surface area contributed by atoms with Crippen molar-refractivity contribution in [2.75, 3.05) is 10.6 Å². The fraction of sp³-hybridized carbons (Fsp3) is 0.0732. The molecule has 0 bridgehead atoms. The number of carbonyl (C=O) groups is 3. The molecule has 1 aromatic heterocycles. The number of carbonyl (C=O) groups excluding carboxylic acids is 3. The third-order valence-electron chi connectivity index (χ3n) is 7.79. The van der Waals surface area contributed by atoms with Gasteiger partial charge in [0.25, 0.3) is 11.8 Å². The van der Waals surface area contributed by atoms with E-state index in [0.29, 0.717) is 16.4 Å². The van der Waals surface area contributed by atoms with Crippen molar-refractivity contribution >= 4 is 57.7 Å². The summed E-state index contributed by atoms with van der Waals surface area (Å²) in [4.78, 5) is 46.7. The van der Waals surface area contributed by atoms with E-state index in [-0.39, 0.29) is 17.2 Å². The monoisotopic (exact) mass is 712 g/mol. The smallest absolute Gasteiger partial charge is 0.272 e. The first kappa shape index (κ1) is 35.0. The van der Waals surface area contributed by atoms with Crippen LogP contribution in [0.25, 0.3) is 17.3 Å². The maximum atomic E-state index is 14.5. The van der Waals surface area contributed by atoms with E-state index in [9.17, 15) is 18.8 Å². The summed E-state index contributed by atoms with van der Waals surface area (Å²) in [7, 11) is 0. The number of amides is 3. The second kappa shape index (κ2) is 16.2. The number of hydrogen-bond donors (Lipinski definition) is 3. The Morgan fingerprint density at radius 2 is 1.41 bits per heavy atom. The molecule has 6 rings (SSSR count). The van der Waals surface area contributed by atoms with Gasteiger partial charge < -0.3 is 16.0 Å². The number of anilines is 2. The Kier molecular flexibility index (Phi) is 11.1. The van der Waals surface area contributed by atoms with Crippen LogP contribution in [-0.4, -0.2) is 22.7 Å². The summed E-state index contributed by atoms with van der Waals surface area (Å²) in [5.41, 5.74) is 4.62. The van der Waals surface area contributed by atoms with Crippen LogP contribution < -0.4 is 16.0 Å². The van der Waals surface area contributed by atoms with Crippen molar-refractivity contribution in [3.05, 3.63) is 172 Å². The number of rotatable bonds is 11. The molecule has 0 saturated heterocycles. The van der Waals surface area contributed by atoms with Gasteiger partial charge in [-0.25, -0.2) is 9.37 Å². The van der Waals surface area contributed by atoms with Crippen LogP contribution in [0.3, 0.4) is 0 Å². The number of nitrogens with one attached hydrogen (secondary N) is 3. The van der Waals surface area contributed by atoms with Crippen LogP contribution in [0.4, 0.5) is 15.2 Å². The van der Waals surface area contributed by atoms with Gasteiger partial charge in [-0.2, -0.15) is 0 Å². The minimum absolute atomic E-state index is 0.129. The topological polar surface area (TPSA) is 100 Å². The average Bonchev–Trinajstić information content (AvgIpc) is 3.51. The van der Waals surface area contributed by atoms with Crippen LogP contribution in [0.15, 0.2) is 144 Å². The molecular weight excluding hydrogens is 680 g/mol. The van der Waals surface area contributed by atoms with Gasteiger partial charge in [0.05, 0.1) is 5.69 Å². The van der Waals surface area contributed by atoms with Crippen LogP contribution in [0, 0.1) is 19.7 Å². The highest BCUT2D eigenvalue weighted by atomic mass is 32.2. The molecule has 6 aromatic rings. The Hall–Kier alpha value is -5.84. The van der Waals surface area contributed by atoms with E-state index >= 15 is 0 Å². The minimum Gasteiger partial charge on any atom is -0.321 e. The molecule has 3 N–H and O–H groups in total. The molecule has 0 aliphatic heterocycles. The number of hydrogen-bond acceptors (Lipinski definition) is 6. The van der Waals surface area contributed by atoms with Crippen LogP contribution in [0.2, 0.25) is 0 Å². The molecule has 0 aliphatic carbocycles. The van der Waals surface area contributed by atoms with Crippen LogP contribution >= 0.6 is 23.1 Å². The van der Waals surface area contributed by atoms with Gasteiger partial charge in [0.2, 0.25) is 5.91 Å². The van der Waals surface area contributed by atoms with E-state index < -0.39 is 22.9 Å². The van der Waals surface area contributed by atoms with E-state index in [4.69, 9.17) is 4.98 Å². The molecule has 0 spiro atoms. The van der Waals surface area contributed by atoms with Gasteiger partial charge in [-0.15, -0.1) is 23.1 Å². The summed E-state index contributed by atoms with van der Waals surface area (Å²) >= 11 is 2.79. The van der Waals surface area contributed by atoms with Gasteiger partial charge in [-0.1, -0.05) is 96.6 Å². The van der Waals surface area contributed by atoms with Crippen molar-refractivity contribution in [3.63, 3.8) is 0 Å². The number of thioether (sulfide) groups is 1. The predicted octanol–water partition coefficient (Wildman–Crippen LogP) is 9.45. The number of halogens is 1. The van der Waals surface area contributed by atoms with Gasteiger partial charge in [0.15, 0.2) is 5.13 Å². The summed E-state index contributed by atoms with van der Waals surface area (Å²) in [6.07, 6.45) is 1.30. The number of thiazole rings is 1. The minimum atomic E-state index is -0.631. The van der Waals surface area contributed by atoms with Crippen molar-refractivity contribution < 1.29 is 18.8 Å². The molecule has 0 fully saturated rings. The van der Waals surface area contributed by atoms with Crippen molar-refractivity contribution in [1.29, 1.82) is 0 Å². The molecule has 0 saturated carbocycles. The van der Waals surface area contributed by atoms with Gasteiger partial charge in [-0.05, 0) is 68.0 Å². The van der Waals surface area contributed by atoms with E-state index in [1.54, 1.807) is 66.7 Å². The van der Waals surface area contributed by atoms with Crippen molar-refractivity contribution in [2.24, 2.45) is 0 Å². The third-order valence-corrected chi connectivity index (χ3v) is 9.94. The molecule has 7 nitrogen and oxygen atoms in total. The quantitative estimate of drug-likeness (QED) is 0.0918. The van der Waals surface area contributed by atoms with Crippen LogP contribution in [-0.2, 0) is 9.59 Å². The highest BCUT2D eigenvalue weighted by Gasteiger charge is 2.24. The van der Waals surface area contributed by atoms with Crippen LogP contribution in [0.1, 0.15) is 37.2 Å². The number of aromatic nitrogens is 1. The first-order valence-corrected chi connectivity index (χ1v) is 17.7. The van der Waals surface area contributed by atoms with Crippen LogP contribution in [0.5, 0.6) is 0 Å². The Morgan fingerprint density at radius 1 is 0.765 bits per heavy atom. The molecule has 0 radical (unpaired) electrons. The zero-order valence-electron chi connectivity index (χ0n) is 27.7. The van der Waals surface area contributed by atoms with Gasteiger partial charge >= 0.3 is 0 Å². The third kappa shape index (κ3) is 9.04. The second-order valence-electron chi connectivity index (χ2n) is 11.6. The van der Waals surface area contributed by atoms with Gasteiger partial charge in [0, 0.05) is 32.2 Å². The average molecular weight is 713 g/mol. The Bertz CT molecular complexity index is 2190. The molecule has 1 atom stereocenters. The molecule has 254 valence electrons. The first-order valence-electron chi connectivity index (χ1n) is 16.0. The fourth-order valence-corrected chi connectivity index (χ4v) is 7.01. The summed E-state index contributed by atoms with van der Waals surface area (Å²) in [5, 5.41) is 8.37. The largest absolute Gasteiger partial charge is 0.321 e. The molecule has 1 heterocycles. The molecular formula is C41H33FN4O3S2. The SMILES string of the molecule is Cc1ccc(-c2nc(NC(=O)C(Sc3ccc(NC(=O)/C(=C/c4ccccc4F)NC(=O)c4ccccc4)cc3)c3ccccc3)sc2C)cc1. The Morgan fingerprint density at radius 3 is 2.10 bits per heavy atom. The fourth-order valence-electron chi connectivity index (χ4n) is 5.14. The van der Waals surface area contributed by atoms with E-state index in [1.165, 1.54) is 41.3 Å². The zero-order chi connectivity index (χ0) is 35.7. The van der Waals surface area contributed by atoms with Gasteiger partial charge in [-0.3, -0.25) is 14.4 Å². The molecule has 3 amide bonds. The van der Waals surface area contributed by atoms with E-state index in [0.717, 1.165) is 32.2 Å². The Balaban J connectivity index is 1.18. The Labute approximate surface area is 303 Å². The maximum Gasteiger partial charge on any atom is 0.272 e. The second-order valence-corrected chi connectivity index (χ2v) is 13.9. The van der Waals surface area contributed by atoms with Crippen molar-refractivity contribution in [1.82, 2.24) is 10.3 Å². The molecule has 1 unspecified atom stereocenters. The lowest BCUT2D eigenvalue weighted by atomic mass is 10.1. The summed E-state index contributed by atoms with van der Waals surface area (Å²) in [5.74, 6) is -1.89. The van der Waals surface area contributed by atoms with Gasteiger partial charge in [0.1, 0.15) is 16.8 Å². The van der Waals surface area contributed by atoms with Crippen molar-refractivity contribution in [3.8, 4) is 11.3 Å². The summed E-state index contributed by atoms with van der Waals surface area (Å²) in [6.45, 7) is 4.02. The lowest BCUT2D eigenvalue weighted by molar-refractivity contribution is -0.116. The maximum absolute atomic E-state index is 14.5. The molecule has 5 aromatic carbocycles. The number of benzene rings is 5. The van der Waals surface area contributed by atoms with E-state index in [1.807, 2.05) is 68.4 Å². The molecule has 0 aliphatic rings. The van der Waals surface area contributed by atoms with E-state index in [2.05, 4.69) is 16.0 Å². The number of nitrogens with zero attached hydrogens (tertiary/aromatic N) is 1. The molecule has 10 heteroatoms. The summed E-state index contributed by atoms with van der Waals surface area (Å²) in [6, 6.07) is 39.1. The first-order chi connectivity index (χ1) is 24.7. The predicted molar refractivity (Wildman–Crippen MR) is 204 cm³/mol. The highest BCUT2D eigenvalue weighted by Crippen LogP contribution is 2.38. The molecule has 51 heavy (non-hydrogen) atoms. The normalized spacial score (nSPS) is 11.8. The van der Waals surface area contributed by atoms with Crippen molar-refractivity contribution in [2.45, 2.75) is 24.0 Å². The lowest BCUT2D eigenvalue weighted by Gasteiger charge is -2.17. The standard InChI is InChI=1S/C41H33FN4O3S2/c1-26-17-19-28(20-18-26)36-27(2)50-41(45-36)46-40(49)37(29-11-5-3-6-12-29)51-33-23-21-32(22-24-33)43-39(48)35(25-31-15-9-10-16-34(31)42)44-38(47)30-13-7-4-8-14-30/h3-25,37H,1-2H3,(H,43,48)(H,44,47)(H,45,46,49)/b35-25-. The summed E-state index contributed by atoms with van der Waals surface area (Å²) < 4.78 is 14.5.